The molecule has 1 rings (SSSR count). The van der Waals surface area contributed by atoms with Gasteiger partial charge in [0.1, 0.15) is 5.82 Å². The van der Waals surface area contributed by atoms with Crippen LogP contribution in [-0.2, 0) is 0 Å². The molecule has 0 spiro atoms. The molecule has 0 radical (unpaired) electrons. The highest BCUT2D eigenvalue weighted by Gasteiger charge is 2.12. The summed E-state index contributed by atoms with van der Waals surface area (Å²) in [6.07, 6.45) is 5.68. The molecule has 0 aliphatic rings. The maximum atomic E-state index is 13.5. The molecule has 0 aromatic heterocycles. The topological polar surface area (TPSA) is 12.0 Å². The first-order valence-corrected chi connectivity index (χ1v) is 5.04. The Labute approximate surface area is 91.8 Å². The molecule has 0 aliphatic heterocycles. The van der Waals surface area contributed by atoms with Crippen molar-refractivity contribution >= 4 is 15.9 Å². The largest absolute Gasteiger partial charge is 0.312 e. The van der Waals surface area contributed by atoms with Crippen LogP contribution in [0.25, 0.3) is 0 Å². The van der Waals surface area contributed by atoms with Gasteiger partial charge >= 0.3 is 0 Å². The van der Waals surface area contributed by atoms with Gasteiger partial charge in [-0.25, -0.2) is 4.39 Å². The number of nitrogens with one attached hydrogen (secondary N) is 1. The van der Waals surface area contributed by atoms with Gasteiger partial charge in [0.05, 0.1) is 0 Å². The molecule has 0 heterocycles. The fraction of sp³-hybridized carbons (Fsp3) is 0.273. The molecule has 0 saturated heterocycles. The molecule has 1 unspecified atom stereocenters. The van der Waals surface area contributed by atoms with Gasteiger partial charge < -0.3 is 5.32 Å². The second-order valence-corrected chi connectivity index (χ2v) is 3.83. The highest BCUT2D eigenvalue weighted by atomic mass is 79.9. The molecular formula is C11H11BrFN. The quantitative estimate of drug-likeness (QED) is 0.820. The summed E-state index contributed by atoms with van der Waals surface area (Å²) in [5.74, 6) is 2.28. The maximum Gasteiger partial charge on any atom is 0.129 e. The molecule has 0 saturated carbocycles. The van der Waals surface area contributed by atoms with E-state index in [4.69, 9.17) is 6.42 Å². The first-order valence-electron chi connectivity index (χ1n) is 4.24. The average molecular weight is 256 g/mol. The van der Waals surface area contributed by atoms with Crippen LogP contribution < -0.4 is 5.32 Å². The van der Waals surface area contributed by atoms with Crippen molar-refractivity contribution in [2.45, 2.75) is 12.5 Å². The highest BCUT2D eigenvalue weighted by Crippen LogP contribution is 2.22. The van der Waals surface area contributed by atoms with Crippen molar-refractivity contribution in [2.75, 3.05) is 7.05 Å². The van der Waals surface area contributed by atoms with Crippen LogP contribution in [0, 0.1) is 18.2 Å². The summed E-state index contributed by atoms with van der Waals surface area (Å²) in [5.41, 5.74) is 0.605. The molecule has 1 N–H and O–H groups in total. The lowest BCUT2D eigenvalue weighted by molar-refractivity contribution is 0.543. The summed E-state index contributed by atoms with van der Waals surface area (Å²) in [6.45, 7) is 0. The molecular weight excluding hydrogens is 245 g/mol. The smallest absolute Gasteiger partial charge is 0.129 e. The standard InChI is InChI=1S/C11H11BrFN/c1-3-4-11(14-2)9-6-5-8(12)7-10(9)13/h1,5-7,11,14H,4H2,2H3. The van der Waals surface area contributed by atoms with E-state index in [1.165, 1.54) is 6.07 Å². The molecule has 1 aromatic carbocycles. The number of hydrogen-bond acceptors (Lipinski definition) is 1. The minimum Gasteiger partial charge on any atom is -0.312 e. The van der Waals surface area contributed by atoms with Gasteiger partial charge in [0.25, 0.3) is 0 Å². The number of halogens is 2. The van der Waals surface area contributed by atoms with Crippen molar-refractivity contribution in [3.05, 3.63) is 34.1 Å². The Hall–Kier alpha value is -0.850. The molecule has 0 fully saturated rings. The summed E-state index contributed by atoms with van der Waals surface area (Å²) in [7, 11) is 1.77. The third kappa shape index (κ3) is 2.57. The van der Waals surface area contributed by atoms with Crippen LogP contribution in [0.2, 0.25) is 0 Å². The van der Waals surface area contributed by atoms with Gasteiger partial charge in [0.15, 0.2) is 0 Å². The van der Waals surface area contributed by atoms with Gasteiger partial charge in [0, 0.05) is 22.5 Å². The van der Waals surface area contributed by atoms with E-state index in [9.17, 15) is 4.39 Å². The Morgan fingerprint density at radius 1 is 1.64 bits per heavy atom. The summed E-state index contributed by atoms with van der Waals surface area (Å²) < 4.78 is 14.2. The Kier molecular flexibility index (Phi) is 4.12. The maximum absolute atomic E-state index is 13.5. The van der Waals surface area contributed by atoms with E-state index >= 15 is 0 Å². The van der Waals surface area contributed by atoms with Crippen molar-refractivity contribution in [2.24, 2.45) is 0 Å². The predicted octanol–water partition coefficient (Wildman–Crippen LogP) is 2.87. The number of terminal acetylenes is 1. The third-order valence-corrected chi connectivity index (χ3v) is 2.50. The fourth-order valence-corrected chi connectivity index (χ4v) is 1.60. The monoisotopic (exact) mass is 255 g/mol. The van der Waals surface area contributed by atoms with E-state index < -0.39 is 0 Å². The second kappa shape index (κ2) is 5.14. The van der Waals surface area contributed by atoms with Gasteiger partial charge in [-0.15, -0.1) is 12.3 Å². The van der Waals surface area contributed by atoms with Crippen LogP contribution >= 0.6 is 15.9 Å². The summed E-state index contributed by atoms with van der Waals surface area (Å²) >= 11 is 3.21. The van der Waals surface area contributed by atoms with Gasteiger partial charge in [-0.2, -0.15) is 0 Å². The van der Waals surface area contributed by atoms with Gasteiger partial charge in [-0.1, -0.05) is 22.0 Å². The molecule has 0 amide bonds. The second-order valence-electron chi connectivity index (χ2n) is 2.92. The van der Waals surface area contributed by atoms with Crippen molar-refractivity contribution < 1.29 is 4.39 Å². The van der Waals surface area contributed by atoms with E-state index in [1.807, 2.05) is 0 Å². The first kappa shape index (κ1) is 11.2. The van der Waals surface area contributed by atoms with E-state index in [0.29, 0.717) is 12.0 Å². The van der Waals surface area contributed by atoms with E-state index in [2.05, 4.69) is 27.2 Å². The van der Waals surface area contributed by atoms with Crippen LogP contribution in [0.1, 0.15) is 18.0 Å². The fourth-order valence-electron chi connectivity index (χ4n) is 1.27. The molecule has 14 heavy (non-hydrogen) atoms. The van der Waals surface area contributed by atoms with Crippen molar-refractivity contribution in [1.82, 2.24) is 5.32 Å². The molecule has 0 bridgehead atoms. The Bertz CT molecular complexity index is 357. The van der Waals surface area contributed by atoms with Crippen LogP contribution in [0.15, 0.2) is 22.7 Å². The minimum absolute atomic E-state index is 0.118. The number of hydrogen-bond donors (Lipinski definition) is 1. The number of benzene rings is 1. The summed E-state index contributed by atoms with van der Waals surface area (Å²) in [5, 5.41) is 2.98. The zero-order chi connectivity index (χ0) is 10.6. The molecule has 1 aromatic rings. The molecule has 74 valence electrons. The predicted molar refractivity (Wildman–Crippen MR) is 59.4 cm³/mol. The third-order valence-electron chi connectivity index (χ3n) is 2.01. The molecule has 1 atom stereocenters. The highest BCUT2D eigenvalue weighted by molar-refractivity contribution is 9.10. The van der Waals surface area contributed by atoms with Crippen LogP contribution in [0.5, 0.6) is 0 Å². The van der Waals surface area contributed by atoms with Crippen molar-refractivity contribution in [3.8, 4) is 12.3 Å². The van der Waals surface area contributed by atoms with Gasteiger partial charge in [-0.3, -0.25) is 0 Å². The van der Waals surface area contributed by atoms with Crippen molar-refractivity contribution in [1.29, 1.82) is 0 Å². The van der Waals surface area contributed by atoms with Gasteiger partial charge in [0.2, 0.25) is 0 Å². The van der Waals surface area contributed by atoms with E-state index in [-0.39, 0.29) is 11.9 Å². The lowest BCUT2D eigenvalue weighted by atomic mass is 10.0. The normalized spacial score (nSPS) is 12.1. The van der Waals surface area contributed by atoms with Crippen molar-refractivity contribution in [3.63, 3.8) is 0 Å². The molecule has 0 aliphatic carbocycles. The first-order chi connectivity index (χ1) is 6.69. The average Bonchev–Trinajstić information content (AvgIpc) is 2.15. The molecule has 1 nitrogen and oxygen atoms in total. The Morgan fingerprint density at radius 2 is 2.36 bits per heavy atom. The zero-order valence-electron chi connectivity index (χ0n) is 7.85. The SMILES string of the molecule is C#CCC(NC)c1ccc(Br)cc1F. The molecule has 3 heteroatoms. The minimum atomic E-state index is -0.242. The van der Waals surface area contributed by atoms with Crippen LogP contribution in [0.4, 0.5) is 4.39 Å². The van der Waals surface area contributed by atoms with Crippen LogP contribution in [-0.4, -0.2) is 7.05 Å². The zero-order valence-corrected chi connectivity index (χ0v) is 9.44. The number of rotatable bonds is 3. The van der Waals surface area contributed by atoms with Gasteiger partial charge in [-0.05, 0) is 19.2 Å². The summed E-state index contributed by atoms with van der Waals surface area (Å²) in [6, 6.07) is 4.86. The van der Waals surface area contributed by atoms with Crippen LogP contribution in [0.3, 0.4) is 0 Å². The van der Waals surface area contributed by atoms with E-state index in [1.54, 1.807) is 19.2 Å². The summed E-state index contributed by atoms with van der Waals surface area (Å²) in [4.78, 5) is 0. The van der Waals surface area contributed by atoms with E-state index in [0.717, 1.165) is 4.47 Å². The lowest BCUT2D eigenvalue weighted by Crippen LogP contribution is -2.17. The lowest BCUT2D eigenvalue weighted by Gasteiger charge is -2.14. The Balaban J connectivity index is 2.99. The Morgan fingerprint density at radius 3 is 2.86 bits per heavy atom.